The maximum absolute atomic E-state index is 14.6. The highest BCUT2D eigenvalue weighted by molar-refractivity contribution is 6.06. The molecule has 0 aliphatic carbocycles. The molecule has 5 aliphatic rings. The second kappa shape index (κ2) is 35.6. The minimum Gasteiger partial charge on any atom is -0.506 e. The zero-order chi connectivity index (χ0) is 68.7. The lowest BCUT2D eigenvalue weighted by molar-refractivity contribution is -0.197. The summed E-state index contributed by atoms with van der Waals surface area (Å²) in [5.41, 5.74) is 1.36. The molecule has 5 heterocycles. The fraction of sp³-hybridized carbons (Fsp3) is 0.463. The summed E-state index contributed by atoms with van der Waals surface area (Å²) in [5, 5.41) is 50.1. The second-order valence-electron chi connectivity index (χ2n) is 23.9. The number of benzene rings is 4. The van der Waals surface area contributed by atoms with Crippen LogP contribution in [0.4, 0.5) is 0 Å². The average molecular weight is 1330 g/mol. The number of carbonyl (C=O) groups is 12. The Morgan fingerprint density at radius 1 is 0.427 bits per heavy atom. The number of hydrogen-bond donors (Lipinski definition) is 11. The number of rotatable bonds is 10. The first kappa shape index (κ1) is 72.0. The summed E-state index contributed by atoms with van der Waals surface area (Å²) in [6.07, 6.45) is 0.835. The molecule has 4 aromatic rings. The molecule has 1 saturated heterocycles. The van der Waals surface area contributed by atoms with Gasteiger partial charge in [0.15, 0.2) is 0 Å². The van der Waals surface area contributed by atoms with Crippen molar-refractivity contribution in [2.75, 3.05) is 131 Å². The summed E-state index contributed by atoms with van der Waals surface area (Å²) < 4.78 is 0. The first-order valence-electron chi connectivity index (χ1n) is 32.6. The minimum absolute atomic E-state index is 0.0179. The predicted octanol–water partition coefficient (Wildman–Crippen LogP) is 0.335. The molecule has 0 saturated carbocycles. The fourth-order valence-corrected chi connectivity index (χ4v) is 11.7. The van der Waals surface area contributed by atoms with Crippen LogP contribution in [0.3, 0.4) is 0 Å². The van der Waals surface area contributed by atoms with Crippen LogP contribution < -0.4 is 47.9 Å². The third kappa shape index (κ3) is 20.3. The van der Waals surface area contributed by atoms with Crippen molar-refractivity contribution in [3.05, 3.63) is 128 Å². The highest BCUT2D eigenvalue weighted by Gasteiger charge is 2.33. The van der Waals surface area contributed by atoms with Gasteiger partial charge in [0, 0.05) is 185 Å². The molecule has 0 spiro atoms. The lowest BCUT2D eigenvalue weighted by Crippen LogP contribution is -2.49. The van der Waals surface area contributed by atoms with Crippen LogP contribution in [0, 0.1) is 13.8 Å². The quantitative estimate of drug-likeness (QED) is 0.0753. The first-order chi connectivity index (χ1) is 46.3. The van der Waals surface area contributed by atoms with Gasteiger partial charge < -0.3 is 62.9 Å². The minimum atomic E-state index is -0.828. The van der Waals surface area contributed by atoms with E-state index in [0.717, 1.165) is 0 Å². The van der Waals surface area contributed by atoms with Gasteiger partial charge in [-0.25, -0.2) is 4.79 Å². The van der Waals surface area contributed by atoms with Gasteiger partial charge in [-0.15, -0.1) is 5.06 Å². The van der Waals surface area contributed by atoms with Crippen molar-refractivity contribution >= 4 is 70.9 Å². The lowest BCUT2D eigenvalue weighted by atomic mass is 10.0. The summed E-state index contributed by atoms with van der Waals surface area (Å²) >= 11 is 0. The molecule has 5 atom stereocenters. The monoisotopic (exact) mass is 1330 g/mol. The largest absolute Gasteiger partial charge is 0.506 e. The number of phenols is 2. The first-order valence-corrected chi connectivity index (χ1v) is 32.6. The van der Waals surface area contributed by atoms with E-state index in [1.165, 1.54) is 36.4 Å². The Hall–Kier alpha value is -9.84. The smallest absolute Gasteiger partial charge is 0.333 e. The van der Waals surface area contributed by atoms with Crippen molar-refractivity contribution in [2.45, 2.75) is 71.3 Å². The third-order valence-corrected chi connectivity index (χ3v) is 17.3. The lowest BCUT2D eigenvalue weighted by Gasteiger charge is -2.31. The number of imide groups is 1. The van der Waals surface area contributed by atoms with Crippen LogP contribution in [-0.4, -0.2) is 243 Å². The Bertz CT molecular complexity index is 3440. The zero-order valence-electron chi connectivity index (χ0n) is 54.2. The molecule has 5 aliphatic heterocycles. The molecule has 5 unspecified atom stereocenters. The van der Waals surface area contributed by atoms with Gasteiger partial charge in [-0.3, -0.25) is 72.3 Å². The van der Waals surface area contributed by atoms with E-state index in [4.69, 9.17) is 4.84 Å². The summed E-state index contributed by atoms with van der Waals surface area (Å²) in [7, 11) is 0. The van der Waals surface area contributed by atoms with Gasteiger partial charge in [0.2, 0.25) is 5.91 Å². The Labute approximate surface area is 556 Å². The molecule has 29 heteroatoms. The van der Waals surface area contributed by atoms with E-state index in [1.807, 2.05) is 19.6 Å². The number of para-hydroxylation sites is 2. The van der Waals surface area contributed by atoms with Crippen LogP contribution in [-0.2, 0) is 24.0 Å². The van der Waals surface area contributed by atoms with E-state index >= 15 is 0 Å². The Morgan fingerprint density at radius 3 is 1.12 bits per heavy atom. The molecule has 29 nitrogen and oxygen atoms in total. The Balaban J connectivity index is 1.13. The van der Waals surface area contributed by atoms with Gasteiger partial charge in [-0.1, -0.05) is 24.3 Å². The van der Waals surface area contributed by atoms with Crippen molar-refractivity contribution in [3.63, 3.8) is 0 Å². The number of phenolic OH excluding ortho intramolecular Hbond substituents is 2. The topological polar surface area (TPSA) is 379 Å². The second-order valence-corrected chi connectivity index (χ2v) is 23.9. The van der Waals surface area contributed by atoms with Gasteiger partial charge in [-0.2, -0.15) is 0 Å². The SMILES string of the molecule is Cc1c2cccc1C(=O)NCCN1CCNC(=O)c3cccc(c3O)C(=O)NCCN(CCNC2=O)CCN2CCNC(=O)c3cccc(c3C)C(=O)NCCN(CC1)CC(CCCCNC(=O)CCCC(=O)ON1C(=O)CCC1=O)NC(=O)c1cccc(c1O)C(=O)NCC2. The Kier molecular flexibility index (Phi) is 26.7. The van der Waals surface area contributed by atoms with Crippen molar-refractivity contribution in [1.29, 1.82) is 0 Å². The molecule has 1 fully saturated rings. The predicted molar refractivity (Wildman–Crippen MR) is 350 cm³/mol. The Morgan fingerprint density at radius 2 is 0.750 bits per heavy atom. The van der Waals surface area contributed by atoms with E-state index < -0.39 is 82.6 Å². The fourth-order valence-electron chi connectivity index (χ4n) is 11.7. The highest BCUT2D eigenvalue weighted by atomic mass is 16.7. The summed E-state index contributed by atoms with van der Waals surface area (Å²) in [4.78, 5) is 175. The molecule has 4 aromatic carbocycles. The van der Waals surface area contributed by atoms with Crippen molar-refractivity contribution in [3.8, 4) is 11.5 Å². The maximum Gasteiger partial charge on any atom is 0.333 e. The molecule has 514 valence electrons. The van der Waals surface area contributed by atoms with Crippen molar-refractivity contribution in [1.82, 2.24) is 72.5 Å². The van der Waals surface area contributed by atoms with Gasteiger partial charge in [0.05, 0.1) is 22.3 Å². The van der Waals surface area contributed by atoms with Crippen LogP contribution in [0.25, 0.3) is 0 Å². The van der Waals surface area contributed by atoms with Crippen molar-refractivity contribution in [2.24, 2.45) is 0 Å². The number of fused-ring (bicyclic) bond motifs is 16. The van der Waals surface area contributed by atoms with Crippen LogP contribution in [0.1, 0.15) is 145 Å². The highest BCUT2D eigenvalue weighted by Crippen LogP contribution is 2.25. The van der Waals surface area contributed by atoms with Gasteiger partial charge in [0.1, 0.15) is 11.5 Å². The number of nitrogens with one attached hydrogen (secondary N) is 9. The number of amides is 11. The molecule has 11 N–H and O–H groups in total. The van der Waals surface area contributed by atoms with Crippen molar-refractivity contribution < 1.29 is 72.6 Å². The van der Waals surface area contributed by atoms with Crippen LogP contribution in [0.15, 0.2) is 72.8 Å². The number of unbranched alkanes of at least 4 members (excludes halogenated alkanes) is 1. The number of nitrogens with zero attached hydrogens (tertiary/aromatic N) is 5. The van der Waals surface area contributed by atoms with E-state index in [-0.39, 0.29) is 200 Å². The molecule has 12 bridgehead atoms. The van der Waals surface area contributed by atoms with Crippen LogP contribution in [0.2, 0.25) is 0 Å². The summed E-state index contributed by atoms with van der Waals surface area (Å²) in [5.74, 6) is -7.91. The molecule has 0 radical (unpaired) electrons. The van der Waals surface area contributed by atoms with E-state index in [0.29, 0.717) is 48.5 Å². The number of carbonyl (C=O) groups excluding carboxylic acids is 12. The standard InChI is InChI=1S/C67H86N14O15/c1-43-46-11-5-12-47(43)62(90)71-26-33-79-36-29-74-65(93)51-16-7-15-50(58(51)86)64(92)73-27-34-77(31-24-69-60(46)88)38-39-78-32-25-70-61(89)48-13-6-14-49(44(48)2)63(91)72-30-37-80(41-40-79)42-45(76-67(95)53-18-8-17-52(59(53)87)66(94)75-28-35-78)10-3-4-23-68-54(82)19-9-20-57(85)96-81-55(83)21-22-56(81)84/h5-8,11-18,45,86-87H,3-4,9-10,19-42H2,1-2H3,(H,68,82)(H,69,88)(H,70,89)(H,71,90)(H,72,91)(H,73,92)(H,74,93)(H,75,94)(H,76,95). The molecular weight excluding hydrogens is 1240 g/mol. The van der Waals surface area contributed by atoms with Gasteiger partial charge in [-0.05, 0) is 99.2 Å². The normalized spacial score (nSPS) is 21.4. The maximum atomic E-state index is 14.6. The zero-order valence-corrected chi connectivity index (χ0v) is 54.2. The van der Waals surface area contributed by atoms with Crippen LogP contribution >= 0.6 is 0 Å². The number of aromatic hydroxyl groups is 2. The molecule has 96 heavy (non-hydrogen) atoms. The van der Waals surface area contributed by atoms with E-state index in [1.54, 1.807) is 50.2 Å². The van der Waals surface area contributed by atoms with Gasteiger partial charge >= 0.3 is 5.97 Å². The summed E-state index contributed by atoms with van der Waals surface area (Å²) in [6, 6.07) is 17.6. The van der Waals surface area contributed by atoms with Gasteiger partial charge in [0.25, 0.3) is 59.1 Å². The number of hydroxylamine groups is 2. The molecule has 11 amide bonds. The molecule has 0 aromatic heterocycles. The average Bonchev–Trinajstić information content (AvgIpc) is 2.06. The molecule has 9 rings (SSSR count). The number of hydrogen-bond acceptors (Lipinski definition) is 19. The van der Waals surface area contributed by atoms with Crippen LogP contribution in [0.5, 0.6) is 11.5 Å². The third-order valence-electron chi connectivity index (χ3n) is 17.3. The van der Waals surface area contributed by atoms with E-state index in [9.17, 15) is 67.7 Å². The molecular formula is C67H86N14O15. The van der Waals surface area contributed by atoms with E-state index in [2.05, 4.69) is 47.9 Å². The summed E-state index contributed by atoms with van der Waals surface area (Å²) in [6.45, 7) is 6.79.